The first-order valence-corrected chi connectivity index (χ1v) is 7.41. The molecular weight excluding hydrogens is 353 g/mol. The number of nitrogens with zero attached hydrogens (tertiary/aromatic N) is 1. The predicted octanol–water partition coefficient (Wildman–Crippen LogP) is 2.92. The highest BCUT2D eigenvalue weighted by Gasteiger charge is 2.13. The van der Waals surface area contributed by atoms with Crippen LogP contribution in [0.4, 0.5) is 0 Å². The molecule has 0 aromatic heterocycles. The quantitative estimate of drug-likeness (QED) is 0.308. The van der Waals surface area contributed by atoms with Crippen LogP contribution in [0, 0.1) is 0 Å². The Kier molecular flexibility index (Phi) is 12.9. The minimum absolute atomic E-state index is 0. The zero-order valence-corrected chi connectivity index (χ0v) is 14.7. The van der Waals surface area contributed by atoms with Gasteiger partial charge in [0.05, 0.1) is 6.61 Å². The number of hydrogen-bond donors (Lipinski definition) is 2. The van der Waals surface area contributed by atoms with Crippen molar-refractivity contribution < 1.29 is 4.74 Å². The van der Waals surface area contributed by atoms with Gasteiger partial charge in [-0.1, -0.05) is 32.6 Å². The third kappa shape index (κ3) is 9.49. The minimum atomic E-state index is 0. The lowest BCUT2D eigenvalue weighted by Gasteiger charge is -2.24. The molecule has 0 aliphatic heterocycles. The summed E-state index contributed by atoms with van der Waals surface area (Å²) in [6.07, 6.45) is 8.95. The molecule has 1 aliphatic rings. The molecule has 4 nitrogen and oxygen atoms in total. The van der Waals surface area contributed by atoms with Crippen molar-refractivity contribution in [3.05, 3.63) is 0 Å². The van der Waals surface area contributed by atoms with Gasteiger partial charge in [0.2, 0.25) is 0 Å². The SMILES string of the molecule is CCCCOCCNC(=NC)NC1CCCCC1.I. The molecular formula is C14H30IN3O. The van der Waals surface area contributed by atoms with E-state index in [9.17, 15) is 0 Å². The number of halogens is 1. The maximum absolute atomic E-state index is 5.51. The highest BCUT2D eigenvalue weighted by molar-refractivity contribution is 14.0. The molecule has 0 unspecified atom stereocenters. The Morgan fingerprint density at radius 2 is 1.95 bits per heavy atom. The molecule has 1 fully saturated rings. The van der Waals surface area contributed by atoms with E-state index >= 15 is 0 Å². The Morgan fingerprint density at radius 1 is 1.21 bits per heavy atom. The van der Waals surface area contributed by atoms with Crippen LogP contribution < -0.4 is 10.6 Å². The van der Waals surface area contributed by atoms with Crippen molar-refractivity contribution in [3.63, 3.8) is 0 Å². The zero-order valence-electron chi connectivity index (χ0n) is 12.4. The maximum atomic E-state index is 5.51. The molecule has 2 N–H and O–H groups in total. The average molecular weight is 383 g/mol. The van der Waals surface area contributed by atoms with Crippen molar-refractivity contribution in [3.8, 4) is 0 Å². The lowest BCUT2D eigenvalue weighted by atomic mass is 9.96. The average Bonchev–Trinajstić information content (AvgIpc) is 2.42. The molecule has 114 valence electrons. The van der Waals surface area contributed by atoms with Crippen molar-refractivity contribution in [1.29, 1.82) is 0 Å². The van der Waals surface area contributed by atoms with E-state index in [1.54, 1.807) is 0 Å². The molecule has 0 saturated heterocycles. The van der Waals surface area contributed by atoms with Gasteiger partial charge in [-0.3, -0.25) is 4.99 Å². The van der Waals surface area contributed by atoms with Crippen LogP contribution in [-0.2, 0) is 4.74 Å². The first kappa shape index (κ1) is 19.0. The van der Waals surface area contributed by atoms with E-state index in [1.165, 1.54) is 38.5 Å². The minimum Gasteiger partial charge on any atom is -0.380 e. The molecule has 1 saturated carbocycles. The molecule has 0 amide bonds. The number of hydrogen-bond acceptors (Lipinski definition) is 2. The number of ether oxygens (including phenoxy) is 1. The molecule has 0 radical (unpaired) electrons. The summed E-state index contributed by atoms with van der Waals surface area (Å²) in [7, 11) is 1.83. The van der Waals surface area contributed by atoms with E-state index in [1.807, 2.05) is 7.05 Å². The fourth-order valence-corrected chi connectivity index (χ4v) is 2.22. The lowest BCUT2D eigenvalue weighted by molar-refractivity contribution is 0.136. The van der Waals surface area contributed by atoms with Crippen LogP contribution in [0.15, 0.2) is 4.99 Å². The Labute approximate surface area is 135 Å². The van der Waals surface area contributed by atoms with E-state index in [2.05, 4.69) is 22.5 Å². The number of guanidine groups is 1. The molecule has 1 aliphatic carbocycles. The van der Waals surface area contributed by atoms with Gasteiger partial charge in [-0.25, -0.2) is 0 Å². The largest absolute Gasteiger partial charge is 0.380 e. The molecule has 0 aromatic carbocycles. The maximum Gasteiger partial charge on any atom is 0.191 e. The number of rotatable bonds is 7. The van der Waals surface area contributed by atoms with Crippen molar-refractivity contribution in [2.24, 2.45) is 4.99 Å². The van der Waals surface area contributed by atoms with Crippen molar-refractivity contribution in [2.45, 2.75) is 57.9 Å². The van der Waals surface area contributed by atoms with Crippen LogP contribution >= 0.6 is 24.0 Å². The fraction of sp³-hybridized carbons (Fsp3) is 0.929. The van der Waals surface area contributed by atoms with Crippen LogP contribution in [0.3, 0.4) is 0 Å². The fourth-order valence-electron chi connectivity index (χ4n) is 2.22. The molecule has 0 heterocycles. The van der Waals surface area contributed by atoms with Gasteiger partial charge < -0.3 is 15.4 Å². The predicted molar refractivity (Wildman–Crippen MR) is 92.5 cm³/mol. The summed E-state index contributed by atoms with van der Waals surface area (Å²) in [5.41, 5.74) is 0. The van der Waals surface area contributed by atoms with Gasteiger partial charge in [0, 0.05) is 26.2 Å². The van der Waals surface area contributed by atoms with E-state index in [-0.39, 0.29) is 24.0 Å². The summed E-state index contributed by atoms with van der Waals surface area (Å²) >= 11 is 0. The summed E-state index contributed by atoms with van der Waals surface area (Å²) in [4.78, 5) is 4.25. The summed E-state index contributed by atoms with van der Waals surface area (Å²) in [5, 5.41) is 6.80. The molecule has 0 aromatic rings. The molecule has 0 spiro atoms. The van der Waals surface area contributed by atoms with Crippen LogP contribution in [0.2, 0.25) is 0 Å². The van der Waals surface area contributed by atoms with Gasteiger partial charge in [0.15, 0.2) is 5.96 Å². The first-order chi connectivity index (χ1) is 8.86. The highest BCUT2D eigenvalue weighted by Crippen LogP contribution is 2.17. The smallest absolute Gasteiger partial charge is 0.191 e. The summed E-state index contributed by atoms with van der Waals surface area (Å²) in [6.45, 7) is 4.63. The monoisotopic (exact) mass is 383 g/mol. The normalized spacial score (nSPS) is 16.8. The second kappa shape index (κ2) is 13.0. The first-order valence-electron chi connectivity index (χ1n) is 7.41. The van der Waals surface area contributed by atoms with Gasteiger partial charge in [0.1, 0.15) is 0 Å². The van der Waals surface area contributed by atoms with E-state index in [4.69, 9.17) is 4.74 Å². The molecule has 19 heavy (non-hydrogen) atoms. The Hall–Kier alpha value is -0.0400. The third-order valence-corrected chi connectivity index (χ3v) is 3.35. The second-order valence-corrected chi connectivity index (χ2v) is 4.94. The van der Waals surface area contributed by atoms with Gasteiger partial charge in [0.25, 0.3) is 0 Å². The Morgan fingerprint density at radius 3 is 2.58 bits per heavy atom. The molecule has 0 atom stereocenters. The van der Waals surface area contributed by atoms with E-state index in [0.717, 1.165) is 32.1 Å². The van der Waals surface area contributed by atoms with E-state index < -0.39 is 0 Å². The van der Waals surface area contributed by atoms with Crippen LogP contribution in [0.1, 0.15) is 51.9 Å². The topological polar surface area (TPSA) is 45.6 Å². The van der Waals surface area contributed by atoms with Gasteiger partial charge in [-0.05, 0) is 19.3 Å². The standard InChI is InChI=1S/C14H29N3O.HI/c1-3-4-11-18-12-10-16-14(15-2)17-13-8-6-5-7-9-13;/h13H,3-12H2,1-2H3,(H2,15,16,17);1H. The third-order valence-electron chi connectivity index (χ3n) is 3.35. The Balaban J connectivity index is 0.00000324. The zero-order chi connectivity index (χ0) is 13.1. The van der Waals surface area contributed by atoms with Crippen molar-refractivity contribution in [1.82, 2.24) is 10.6 Å². The van der Waals surface area contributed by atoms with Crippen LogP contribution in [0.25, 0.3) is 0 Å². The summed E-state index contributed by atoms with van der Waals surface area (Å²) in [5.74, 6) is 0.918. The number of nitrogens with one attached hydrogen (secondary N) is 2. The van der Waals surface area contributed by atoms with Crippen LogP contribution in [0.5, 0.6) is 0 Å². The highest BCUT2D eigenvalue weighted by atomic mass is 127. The van der Waals surface area contributed by atoms with Crippen LogP contribution in [-0.4, -0.2) is 38.8 Å². The van der Waals surface area contributed by atoms with Crippen molar-refractivity contribution in [2.75, 3.05) is 26.8 Å². The summed E-state index contributed by atoms with van der Waals surface area (Å²) in [6, 6.07) is 0.603. The molecule has 1 rings (SSSR count). The van der Waals surface area contributed by atoms with Gasteiger partial charge in [-0.15, -0.1) is 24.0 Å². The number of aliphatic imine (C=N–C) groups is 1. The second-order valence-electron chi connectivity index (χ2n) is 4.94. The lowest BCUT2D eigenvalue weighted by Crippen LogP contribution is -2.45. The molecule has 0 bridgehead atoms. The summed E-state index contributed by atoms with van der Waals surface area (Å²) < 4.78 is 5.51. The van der Waals surface area contributed by atoms with Gasteiger partial charge >= 0.3 is 0 Å². The Bertz CT molecular complexity index is 231. The number of unbranched alkanes of at least 4 members (excludes halogenated alkanes) is 1. The van der Waals surface area contributed by atoms with Crippen molar-refractivity contribution >= 4 is 29.9 Å². The van der Waals surface area contributed by atoms with E-state index in [0.29, 0.717) is 6.04 Å². The molecule has 5 heteroatoms. The van der Waals surface area contributed by atoms with Gasteiger partial charge in [-0.2, -0.15) is 0 Å².